The monoisotopic (exact) mass is 382 g/mol. The predicted molar refractivity (Wildman–Crippen MR) is 97.2 cm³/mol. The predicted octanol–water partition coefficient (Wildman–Crippen LogP) is 0.589. The van der Waals surface area contributed by atoms with Gasteiger partial charge in [-0.2, -0.15) is 0 Å². The average Bonchev–Trinajstić information content (AvgIpc) is 3.12. The van der Waals surface area contributed by atoms with Gasteiger partial charge in [0.2, 0.25) is 0 Å². The fraction of sp³-hybridized carbons (Fsp3) is 0.833. The van der Waals surface area contributed by atoms with Gasteiger partial charge in [0, 0.05) is 38.8 Å². The first-order chi connectivity index (χ1) is 12.6. The number of esters is 1. The van der Waals surface area contributed by atoms with Gasteiger partial charge in [-0.1, -0.05) is 0 Å². The van der Waals surface area contributed by atoms with E-state index in [1.165, 1.54) is 7.11 Å². The lowest BCUT2D eigenvalue weighted by molar-refractivity contribution is -0.145. The lowest BCUT2D eigenvalue weighted by Crippen LogP contribution is -2.54. The molecule has 27 heavy (non-hydrogen) atoms. The quantitative estimate of drug-likeness (QED) is 0.650. The van der Waals surface area contributed by atoms with Crippen LogP contribution >= 0.6 is 0 Å². The molecule has 0 radical (unpaired) electrons. The fourth-order valence-corrected chi connectivity index (χ4v) is 4.14. The zero-order valence-electron chi connectivity index (χ0n) is 16.8. The molecule has 9 heteroatoms. The minimum absolute atomic E-state index is 0.00671. The van der Waals surface area contributed by atoms with E-state index in [1.807, 2.05) is 42.5 Å². The van der Waals surface area contributed by atoms with Gasteiger partial charge < -0.3 is 24.2 Å². The Morgan fingerprint density at radius 3 is 2.37 bits per heavy atom. The number of urea groups is 1. The Balaban J connectivity index is 1.63. The van der Waals surface area contributed by atoms with E-state index in [1.54, 1.807) is 4.90 Å². The minimum Gasteiger partial charge on any atom is -0.468 e. The van der Waals surface area contributed by atoms with Crippen molar-refractivity contribution in [2.75, 3.05) is 46.9 Å². The molecule has 0 aliphatic carbocycles. The third kappa shape index (κ3) is 3.97. The van der Waals surface area contributed by atoms with E-state index < -0.39 is 5.60 Å². The van der Waals surface area contributed by atoms with E-state index in [9.17, 15) is 14.4 Å². The Morgan fingerprint density at radius 1 is 1.04 bits per heavy atom. The largest absolute Gasteiger partial charge is 0.468 e. The third-order valence-electron chi connectivity index (χ3n) is 5.47. The van der Waals surface area contributed by atoms with Crippen molar-refractivity contribution < 1.29 is 23.9 Å². The van der Waals surface area contributed by atoms with Gasteiger partial charge in [0.15, 0.2) is 0 Å². The van der Waals surface area contributed by atoms with Gasteiger partial charge in [0.25, 0.3) is 0 Å². The molecule has 3 heterocycles. The molecule has 0 aromatic heterocycles. The molecule has 3 aliphatic heterocycles. The number of hydrogen-bond acceptors (Lipinski definition) is 6. The van der Waals surface area contributed by atoms with Gasteiger partial charge in [-0.25, -0.2) is 9.59 Å². The van der Waals surface area contributed by atoms with Crippen molar-refractivity contribution in [1.82, 2.24) is 19.6 Å². The van der Waals surface area contributed by atoms with E-state index in [-0.39, 0.29) is 36.2 Å². The smallest absolute Gasteiger partial charge is 0.410 e. The highest BCUT2D eigenvalue weighted by Crippen LogP contribution is 2.29. The van der Waals surface area contributed by atoms with E-state index in [0.29, 0.717) is 39.1 Å². The van der Waals surface area contributed by atoms with E-state index >= 15 is 0 Å². The molecule has 0 aromatic rings. The van der Waals surface area contributed by atoms with E-state index in [2.05, 4.69) is 0 Å². The molecule has 0 bridgehead atoms. The summed E-state index contributed by atoms with van der Waals surface area (Å²) in [4.78, 5) is 44.4. The summed E-state index contributed by atoms with van der Waals surface area (Å²) in [5, 5.41) is 0. The van der Waals surface area contributed by atoms with Gasteiger partial charge in [0.1, 0.15) is 11.6 Å². The number of carbonyl (C=O) groups excluding carboxylic acids is 3. The number of nitrogens with zero attached hydrogens (tertiary/aromatic N) is 4. The molecule has 9 nitrogen and oxygen atoms in total. The molecule has 0 N–H and O–H groups in total. The van der Waals surface area contributed by atoms with E-state index in [4.69, 9.17) is 9.47 Å². The van der Waals surface area contributed by atoms with Crippen molar-refractivity contribution in [3.05, 3.63) is 0 Å². The van der Waals surface area contributed by atoms with Crippen LogP contribution in [0.3, 0.4) is 0 Å². The molecule has 3 saturated heterocycles. The van der Waals surface area contributed by atoms with Crippen LogP contribution in [-0.2, 0) is 14.3 Å². The van der Waals surface area contributed by atoms with Crippen LogP contribution in [0.2, 0.25) is 0 Å². The van der Waals surface area contributed by atoms with Gasteiger partial charge in [-0.3, -0.25) is 9.69 Å². The standard InChI is InChI=1S/C18H30N4O5/c1-18(2,3)27-17(25)20-6-7-21-13(10-20)11-22(16(21)24)12-8-14(15(23)26-5)19(4)9-12/h12-14H,6-11H2,1-5H3/t12-,13?,14+/m0/s1. The highest BCUT2D eigenvalue weighted by molar-refractivity contribution is 5.80. The fourth-order valence-electron chi connectivity index (χ4n) is 4.14. The number of piperazine rings is 1. The van der Waals surface area contributed by atoms with Gasteiger partial charge in [0.05, 0.1) is 13.2 Å². The van der Waals surface area contributed by atoms with Crippen molar-refractivity contribution in [2.45, 2.75) is 50.9 Å². The molecule has 0 saturated carbocycles. The maximum absolute atomic E-state index is 12.9. The first-order valence-electron chi connectivity index (χ1n) is 9.44. The van der Waals surface area contributed by atoms with Crippen LogP contribution in [0.1, 0.15) is 27.2 Å². The third-order valence-corrected chi connectivity index (χ3v) is 5.47. The maximum Gasteiger partial charge on any atom is 0.410 e. The summed E-state index contributed by atoms with van der Waals surface area (Å²) < 4.78 is 10.3. The number of likely N-dealkylation sites (tertiary alicyclic amines) is 1. The molecule has 3 rings (SSSR count). The van der Waals surface area contributed by atoms with Crippen LogP contribution in [0, 0.1) is 0 Å². The van der Waals surface area contributed by atoms with Crippen molar-refractivity contribution in [2.24, 2.45) is 0 Å². The summed E-state index contributed by atoms with van der Waals surface area (Å²) in [6.07, 6.45) is 0.241. The molecule has 3 aliphatic rings. The summed E-state index contributed by atoms with van der Waals surface area (Å²) in [6.45, 7) is 8.18. The number of methoxy groups -OCH3 is 1. The topological polar surface area (TPSA) is 82.6 Å². The zero-order valence-corrected chi connectivity index (χ0v) is 16.8. The van der Waals surface area contributed by atoms with Crippen LogP contribution in [-0.4, -0.2) is 108 Å². The van der Waals surface area contributed by atoms with Crippen molar-refractivity contribution in [1.29, 1.82) is 0 Å². The number of hydrogen-bond donors (Lipinski definition) is 0. The highest BCUT2D eigenvalue weighted by Gasteiger charge is 2.48. The number of rotatable bonds is 2. The molecular formula is C18H30N4O5. The van der Waals surface area contributed by atoms with Crippen LogP contribution in [0.4, 0.5) is 9.59 Å². The van der Waals surface area contributed by atoms with Crippen LogP contribution in [0.15, 0.2) is 0 Å². The Bertz CT molecular complexity index is 619. The Morgan fingerprint density at radius 2 is 1.74 bits per heavy atom. The lowest BCUT2D eigenvalue weighted by Gasteiger charge is -2.37. The molecule has 152 valence electrons. The summed E-state index contributed by atoms with van der Waals surface area (Å²) in [5.41, 5.74) is -0.539. The van der Waals surface area contributed by atoms with Crippen LogP contribution in [0.5, 0.6) is 0 Å². The number of carbonyl (C=O) groups is 3. The number of likely N-dealkylation sites (N-methyl/N-ethyl adjacent to an activating group) is 1. The lowest BCUT2D eigenvalue weighted by atomic mass is 10.1. The summed E-state index contributed by atoms with van der Waals surface area (Å²) in [7, 11) is 3.26. The average molecular weight is 382 g/mol. The summed E-state index contributed by atoms with van der Waals surface area (Å²) in [5.74, 6) is -0.263. The minimum atomic E-state index is -0.539. The number of fused-ring (bicyclic) bond motifs is 1. The molecule has 0 spiro atoms. The zero-order chi connectivity index (χ0) is 19.9. The second kappa shape index (κ2) is 7.18. The molecular weight excluding hydrogens is 352 g/mol. The first kappa shape index (κ1) is 19.7. The highest BCUT2D eigenvalue weighted by atomic mass is 16.6. The van der Waals surface area contributed by atoms with Gasteiger partial charge >= 0.3 is 18.1 Å². The Kier molecular flexibility index (Phi) is 5.24. The summed E-state index contributed by atoms with van der Waals surface area (Å²) in [6, 6.07) is -0.384. The second-order valence-corrected chi connectivity index (χ2v) is 8.58. The second-order valence-electron chi connectivity index (χ2n) is 8.58. The van der Waals surface area contributed by atoms with Gasteiger partial charge in [-0.05, 0) is 34.2 Å². The Labute approximate surface area is 160 Å². The number of amides is 3. The number of ether oxygens (including phenoxy) is 2. The molecule has 3 amide bonds. The normalized spacial score (nSPS) is 29.1. The summed E-state index contributed by atoms with van der Waals surface area (Å²) >= 11 is 0. The molecule has 1 unspecified atom stereocenters. The molecule has 0 aromatic carbocycles. The van der Waals surface area contributed by atoms with Crippen LogP contribution in [0.25, 0.3) is 0 Å². The van der Waals surface area contributed by atoms with Crippen molar-refractivity contribution in [3.8, 4) is 0 Å². The maximum atomic E-state index is 12.9. The molecule has 3 atom stereocenters. The van der Waals surface area contributed by atoms with Crippen LogP contribution < -0.4 is 0 Å². The SMILES string of the molecule is COC(=O)[C@H]1C[C@H](N2CC3CN(C(=O)OC(C)(C)C)CCN3C2=O)CN1C. The van der Waals surface area contributed by atoms with Crippen molar-refractivity contribution in [3.63, 3.8) is 0 Å². The molecule has 3 fully saturated rings. The Hall–Kier alpha value is -2.03. The first-order valence-corrected chi connectivity index (χ1v) is 9.44. The van der Waals surface area contributed by atoms with Gasteiger partial charge in [-0.15, -0.1) is 0 Å². The van der Waals surface area contributed by atoms with Crippen molar-refractivity contribution >= 4 is 18.1 Å². The van der Waals surface area contributed by atoms with E-state index in [0.717, 1.165) is 0 Å².